The van der Waals surface area contributed by atoms with Crippen LogP contribution < -0.4 is 5.32 Å². The molecule has 0 unspecified atom stereocenters. The van der Waals surface area contributed by atoms with Gasteiger partial charge in [0, 0.05) is 24.6 Å². The van der Waals surface area contributed by atoms with Crippen LogP contribution in [0, 0.1) is 0 Å². The Morgan fingerprint density at radius 3 is 2.71 bits per heavy atom. The van der Waals surface area contributed by atoms with Crippen molar-refractivity contribution in [2.75, 3.05) is 18.1 Å². The van der Waals surface area contributed by atoms with Gasteiger partial charge in [0.05, 0.1) is 0 Å². The van der Waals surface area contributed by atoms with Gasteiger partial charge in [0.15, 0.2) is 0 Å². The van der Waals surface area contributed by atoms with Crippen LogP contribution in [0.5, 0.6) is 0 Å². The molecule has 0 aliphatic heterocycles. The van der Waals surface area contributed by atoms with Crippen LogP contribution in [0.4, 0.5) is 0 Å². The molecule has 0 bridgehead atoms. The van der Waals surface area contributed by atoms with E-state index in [-0.39, 0.29) is 0 Å². The van der Waals surface area contributed by atoms with Gasteiger partial charge in [-0.3, -0.25) is 0 Å². The fourth-order valence-electron chi connectivity index (χ4n) is 1.87. The van der Waals surface area contributed by atoms with E-state index in [9.17, 15) is 0 Å². The normalized spacial score (nSPS) is 14.8. The average Bonchev–Trinajstić information content (AvgIpc) is 3.19. The topological polar surface area (TPSA) is 12.0 Å². The first-order chi connectivity index (χ1) is 8.40. The lowest BCUT2D eigenvalue weighted by Gasteiger charge is -2.05. The van der Waals surface area contributed by atoms with Gasteiger partial charge in [-0.25, -0.2) is 0 Å². The van der Waals surface area contributed by atoms with Gasteiger partial charge in [-0.2, -0.15) is 11.8 Å². The minimum absolute atomic E-state index is 0.868. The van der Waals surface area contributed by atoms with Gasteiger partial charge in [0.2, 0.25) is 0 Å². The van der Waals surface area contributed by atoms with Gasteiger partial charge in [-0.05, 0) is 29.9 Å². The summed E-state index contributed by atoms with van der Waals surface area (Å²) in [7, 11) is 0. The van der Waals surface area contributed by atoms with E-state index in [1.807, 2.05) is 17.8 Å². The second-order valence-electron chi connectivity index (χ2n) is 4.56. The van der Waals surface area contributed by atoms with E-state index in [1.165, 1.54) is 24.0 Å². The van der Waals surface area contributed by atoms with E-state index in [0.29, 0.717) is 0 Å². The summed E-state index contributed by atoms with van der Waals surface area (Å²) in [5, 5.41) is 3.47. The Balaban J connectivity index is 1.63. The van der Waals surface area contributed by atoms with E-state index in [1.54, 1.807) is 0 Å². The van der Waals surface area contributed by atoms with Crippen molar-refractivity contribution in [3.8, 4) is 0 Å². The minimum atomic E-state index is 0.868. The Bertz CT molecular complexity index is 340. The van der Waals surface area contributed by atoms with Gasteiger partial charge < -0.3 is 5.32 Å². The lowest BCUT2D eigenvalue weighted by atomic mass is 10.1. The summed E-state index contributed by atoms with van der Waals surface area (Å²) in [4.78, 5) is 0. The molecule has 0 saturated heterocycles. The summed E-state index contributed by atoms with van der Waals surface area (Å²) in [6, 6.07) is 9.11. The van der Waals surface area contributed by atoms with Crippen LogP contribution in [-0.2, 0) is 6.54 Å². The van der Waals surface area contributed by atoms with Crippen LogP contribution in [0.15, 0.2) is 36.9 Å². The van der Waals surface area contributed by atoms with Gasteiger partial charge in [-0.15, -0.1) is 6.58 Å². The molecule has 17 heavy (non-hydrogen) atoms. The lowest BCUT2D eigenvalue weighted by molar-refractivity contribution is 0.732. The molecule has 0 atom stereocenters. The van der Waals surface area contributed by atoms with Crippen molar-refractivity contribution < 1.29 is 0 Å². The number of thioether (sulfide) groups is 1. The van der Waals surface area contributed by atoms with Crippen molar-refractivity contribution in [1.82, 2.24) is 5.32 Å². The standard InChI is InChI=1S/C15H21NS/c1-2-10-17-11-9-16-12-13-3-5-14(6-4-13)15-7-8-15/h2-6,15-16H,1,7-12H2. The van der Waals surface area contributed by atoms with Crippen molar-refractivity contribution in [1.29, 1.82) is 0 Å². The van der Waals surface area contributed by atoms with E-state index >= 15 is 0 Å². The Labute approximate surface area is 109 Å². The second-order valence-corrected chi connectivity index (χ2v) is 5.71. The van der Waals surface area contributed by atoms with Gasteiger partial charge in [0.1, 0.15) is 0 Å². The fourth-order valence-corrected chi connectivity index (χ4v) is 2.49. The molecule has 2 heteroatoms. The average molecular weight is 247 g/mol. The van der Waals surface area contributed by atoms with Crippen molar-refractivity contribution in [2.45, 2.75) is 25.3 Å². The van der Waals surface area contributed by atoms with Crippen molar-refractivity contribution in [3.05, 3.63) is 48.0 Å². The minimum Gasteiger partial charge on any atom is -0.312 e. The molecule has 1 N–H and O–H groups in total. The quantitative estimate of drug-likeness (QED) is 0.557. The number of hydrogen-bond acceptors (Lipinski definition) is 2. The van der Waals surface area contributed by atoms with E-state index < -0.39 is 0 Å². The zero-order valence-corrected chi connectivity index (χ0v) is 11.1. The molecule has 1 nitrogen and oxygen atoms in total. The maximum atomic E-state index is 3.71. The molecule has 1 saturated carbocycles. The molecular weight excluding hydrogens is 226 g/mol. The van der Waals surface area contributed by atoms with Crippen LogP contribution >= 0.6 is 11.8 Å². The van der Waals surface area contributed by atoms with Crippen LogP contribution in [0.2, 0.25) is 0 Å². The first-order valence-corrected chi connectivity index (χ1v) is 7.54. The van der Waals surface area contributed by atoms with E-state index in [4.69, 9.17) is 0 Å². The Kier molecular flexibility index (Phi) is 5.14. The molecule has 0 spiro atoms. The lowest BCUT2D eigenvalue weighted by Crippen LogP contribution is -2.16. The van der Waals surface area contributed by atoms with Crippen molar-refractivity contribution in [2.24, 2.45) is 0 Å². The predicted molar refractivity (Wildman–Crippen MR) is 77.6 cm³/mol. The molecule has 1 aliphatic rings. The highest BCUT2D eigenvalue weighted by molar-refractivity contribution is 7.99. The number of nitrogens with one attached hydrogen (secondary N) is 1. The highest BCUT2D eigenvalue weighted by Gasteiger charge is 2.22. The smallest absolute Gasteiger partial charge is 0.0205 e. The molecule has 92 valence electrons. The summed E-state index contributed by atoms with van der Waals surface area (Å²) in [6.45, 7) is 5.77. The molecular formula is C15H21NS. The number of benzene rings is 1. The molecule has 1 aromatic rings. The van der Waals surface area contributed by atoms with Crippen LogP contribution in [0.3, 0.4) is 0 Å². The second kappa shape index (κ2) is 6.87. The molecule has 0 heterocycles. The first kappa shape index (κ1) is 12.7. The van der Waals surface area contributed by atoms with Gasteiger partial charge >= 0.3 is 0 Å². The van der Waals surface area contributed by atoms with Crippen molar-refractivity contribution in [3.63, 3.8) is 0 Å². The van der Waals surface area contributed by atoms with Gasteiger partial charge in [0.25, 0.3) is 0 Å². The van der Waals surface area contributed by atoms with Crippen molar-refractivity contribution >= 4 is 11.8 Å². The SMILES string of the molecule is C=CCSCCNCc1ccc(C2CC2)cc1. The number of rotatable bonds is 8. The molecule has 1 fully saturated rings. The predicted octanol–water partition coefficient (Wildman–Crippen LogP) is 3.57. The summed E-state index contributed by atoms with van der Waals surface area (Å²) in [5.41, 5.74) is 2.92. The maximum Gasteiger partial charge on any atom is 0.0205 e. The zero-order valence-electron chi connectivity index (χ0n) is 10.3. The van der Waals surface area contributed by atoms with E-state index in [2.05, 4.69) is 36.2 Å². The fraction of sp³-hybridized carbons (Fsp3) is 0.467. The molecule has 1 aliphatic carbocycles. The van der Waals surface area contributed by atoms with Gasteiger partial charge in [-0.1, -0.05) is 30.3 Å². The van der Waals surface area contributed by atoms with Crippen LogP contribution in [0.1, 0.15) is 29.9 Å². The molecule has 1 aromatic carbocycles. The third-order valence-corrected chi connectivity index (χ3v) is 3.98. The highest BCUT2D eigenvalue weighted by Crippen LogP contribution is 2.39. The molecule has 0 radical (unpaired) electrons. The summed E-state index contributed by atoms with van der Waals surface area (Å²) in [6.07, 6.45) is 4.73. The Morgan fingerprint density at radius 1 is 1.29 bits per heavy atom. The zero-order chi connectivity index (χ0) is 11.9. The third-order valence-electron chi connectivity index (χ3n) is 3.02. The Hall–Kier alpha value is -0.730. The molecule has 2 rings (SSSR count). The largest absolute Gasteiger partial charge is 0.312 e. The third kappa shape index (κ3) is 4.57. The summed E-state index contributed by atoms with van der Waals surface area (Å²) in [5.74, 6) is 3.08. The molecule has 0 amide bonds. The monoisotopic (exact) mass is 247 g/mol. The van der Waals surface area contributed by atoms with Crippen LogP contribution in [0.25, 0.3) is 0 Å². The maximum absolute atomic E-state index is 3.71. The number of hydrogen-bond donors (Lipinski definition) is 1. The highest BCUT2D eigenvalue weighted by atomic mass is 32.2. The van der Waals surface area contributed by atoms with E-state index in [0.717, 1.165) is 30.5 Å². The molecule has 0 aromatic heterocycles. The Morgan fingerprint density at radius 2 is 2.06 bits per heavy atom. The summed E-state index contributed by atoms with van der Waals surface area (Å²) >= 11 is 1.92. The first-order valence-electron chi connectivity index (χ1n) is 6.38. The summed E-state index contributed by atoms with van der Waals surface area (Å²) < 4.78 is 0. The van der Waals surface area contributed by atoms with Crippen LogP contribution in [-0.4, -0.2) is 18.1 Å².